The van der Waals surface area contributed by atoms with E-state index in [1.54, 1.807) is 19.2 Å². The topological polar surface area (TPSA) is 108 Å². The molecule has 3 aliphatic rings. The molecule has 0 spiro atoms. The molecule has 0 radical (unpaired) electrons. The third kappa shape index (κ3) is 4.75. The first kappa shape index (κ1) is 24.7. The van der Waals surface area contributed by atoms with Crippen molar-refractivity contribution < 1.29 is 24.0 Å². The molecule has 0 saturated heterocycles. The average Bonchev–Trinajstić information content (AvgIpc) is 3.40. The zero-order chi connectivity index (χ0) is 26.1. The summed E-state index contributed by atoms with van der Waals surface area (Å²) < 4.78 is 11.4. The van der Waals surface area contributed by atoms with Crippen molar-refractivity contribution in [1.82, 2.24) is 5.32 Å². The van der Waals surface area contributed by atoms with Gasteiger partial charge in [0.2, 0.25) is 0 Å². The smallest absolute Gasteiger partial charge is 0.337 e. The van der Waals surface area contributed by atoms with Gasteiger partial charge in [0.15, 0.2) is 5.78 Å². The number of hydrogen-bond donors (Lipinski definition) is 1. The number of dihydropyridines is 1. The summed E-state index contributed by atoms with van der Waals surface area (Å²) in [7, 11) is 1.62. The van der Waals surface area contributed by atoms with Crippen molar-refractivity contribution >= 4 is 17.4 Å². The van der Waals surface area contributed by atoms with E-state index in [1.165, 1.54) is 12.1 Å². The van der Waals surface area contributed by atoms with Crippen LogP contribution in [0, 0.1) is 10.1 Å². The van der Waals surface area contributed by atoms with Crippen molar-refractivity contribution in [3.8, 4) is 5.75 Å². The number of benzene rings is 2. The number of nitro groups is 1. The number of methoxy groups -OCH3 is 1. The monoisotopic (exact) mass is 502 g/mol. The van der Waals surface area contributed by atoms with Gasteiger partial charge in [0.05, 0.1) is 17.6 Å². The minimum atomic E-state index is -0.655. The number of hydrogen-bond acceptors (Lipinski definition) is 7. The molecule has 1 aliphatic heterocycles. The lowest BCUT2D eigenvalue weighted by atomic mass is 9.71. The molecule has 8 heteroatoms. The van der Waals surface area contributed by atoms with Crippen LogP contribution in [-0.4, -0.2) is 29.9 Å². The number of nitrogens with zero attached hydrogens (tertiary/aromatic N) is 1. The van der Waals surface area contributed by atoms with Crippen LogP contribution in [0.2, 0.25) is 0 Å². The minimum Gasteiger partial charge on any atom is -0.496 e. The Morgan fingerprint density at radius 2 is 1.76 bits per heavy atom. The maximum Gasteiger partial charge on any atom is 0.337 e. The van der Waals surface area contributed by atoms with Crippen molar-refractivity contribution in [2.45, 2.75) is 63.4 Å². The number of carbonyl (C=O) groups excluding carboxylic acids is 2. The van der Waals surface area contributed by atoms with E-state index >= 15 is 0 Å². The fourth-order valence-electron chi connectivity index (χ4n) is 5.88. The Morgan fingerprint density at radius 3 is 2.43 bits per heavy atom. The maximum atomic E-state index is 13.8. The second-order valence-corrected chi connectivity index (χ2v) is 9.92. The summed E-state index contributed by atoms with van der Waals surface area (Å²) in [5.41, 5.74) is 3.90. The maximum absolute atomic E-state index is 13.8. The Kier molecular flexibility index (Phi) is 6.82. The van der Waals surface area contributed by atoms with Gasteiger partial charge in [-0.15, -0.1) is 0 Å². The van der Waals surface area contributed by atoms with E-state index in [9.17, 15) is 19.7 Å². The number of rotatable bonds is 6. The molecule has 5 rings (SSSR count). The van der Waals surface area contributed by atoms with Crippen LogP contribution in [0.5, 0.6) is 5.75 Å². The number of non-ortho nitro benzene ring substituents is 1. The van der Waals surface area contributed by atoms with Crippen LogP contribution < -0.4 is 10.1 Å². The number of para-hydroxylation sites is 1. The Hall–Kier alpha value is -3.94. The molecule has 2 aromatic rings. The van der Waals surface area contributed by atoms with Gasteiger partial charge in [-0.25, -0.2) is 4.79 Å². The van der Waals surface area contributed by atoms with Crippen LogP contribution >= 0.6 is 0 Å². The number of ketones is 1. The summed E-state index contributed by atoms with van der Waals surface area (Å²) >= 11 is 0. The second kappa shape index (κ2) is 10.2. The molecule has 37 heavy (non-hydrogen) atoms. The SMILES string of the molecule is COc1ccccc1[C@H]1CC(=O)C2=C(C1)NC(C)=C(C(=O)OC1CCCC1)[C@H]2c1ccc([N+](=O)[O-])cc1. The summed E-state index contributed by atoms with van der Waals surface area (Å²) in [4.78, 5) is 38.1. The van der Waals surface area contributed by atoms with Gasteiger partial charge in [-0.05, 0) is 56.2 Å². The number of esters is 1. The van der Waals surface area contributed by atoms with Crippen LogP contribution in [0.25, 0.3) is 0 Å². The van der Waals surface area contributed by atoms with Crippen molar-refractivity contribution in [3.05, 3.63) is 92.3 Å². The quantitative estimate of drug-likeness (QED) is 0.318. The van der Waals surface area contributed by atoms with Gasteiger partial charge in [-0.2, -0.15) is 0 Å². The number of nitro benzene ring substituents is 1. The number of allylic oxidation sites excluding steroid dienone is 3. The number of carbonyl (C=O) groups is 2. The first-order valence-corrected chi connectivity index (χ1v) is 12.7. The largest absolute Gasteiger partial charge is 0.496 e. The highest BCUT2D eigenvalue weighted by atomic mass is 16.6. The zero-order valence-corrected chi connectivity index (χ0v) is 21.0. The molecule has 1 fully saturated rings. The summed E-state index contributed by atoms with van der Waals surface area (Å²) in [6.07, 6.45) is 4.44. The Balaban J connectivity index is 1.56. The van der Waals surface area contributed by atoms with Gasteiger partial charge >= 0.3 is 5.97 Å². The van der Waals surface area contributed by atoms with Crippen LogP contribution in [0.4, 0.5) is 5.69 Å². The Morgan fingerprint density at radius 1 is 1.05 bits per heavy atom. The summed E-state index contributed by atoms with van der Waals surface area (Å²) in [5, 5.41) is 14.6. The number of ether oxygens (including phenoxy) is 2. The summed E-state index contributed by atoms with van der Waals surface area (Å²) in [5.74, 6) is -0.498. The van der Waals surface area contributed by atoms with E-state index in [0.29, 0.717) is 28.8 Å². The molecular formula is C29H30N2O6. The van der Waals surface area contributed by atoms with E-state index in [1.807, 2.05) is 31.2 Å². The molecule has 1 saturated carbocycles. The molecule has 2 aromatic carbocycles. The summed E-state index contributed by atoms with van der Waals surface area (Å²) in [6, 6.07) is 13.8. The van der Waals surface area contributed by atoms with E-state index in [2.05, 4.69) is 5.32 Å². The van der Waals surface area contributed by atoms with E-state index in [-0.39, 0.29) is 29.9 Å². The molecule has 1 heterocycles. The summed E-state index contributed by atoms with van der Waals surface area (Å²) in [6.45, 7) is 1.82. The molecular weight excluding hydrogens is 472 g/mol. The number of Topliss-reactive ketones (excluding diaryl/α,β-unsaturated/α-hetero) is 1. The first-order chi connectivity index (χ1) is 17.9. The van der Waals surface area contributed by atoms with Crippen LogP contribution in [-0.2, 0) is 14.3 Å². The molecule has 8 nitrogen and oxygen atoms in total. The zero-order valence-electron chi connectivity index (χ0n) is 21.0. The molecule has 2 atom stereocenters. The minimum absolute atomic E-state index is 0.0473. The predicted molar refractivity (Wildman–Crippen MR) is 137 cm³/mol. The first-order valence-electron chi connectivity index (χ1n) is 12.7. The number of nitrogens with one attached hydrogen (secondary N) is 1. The standard InChI is InChI=1S/C29H30N2O6/c1-17-26(29(33)37-21-7-3-4-8-21)27(18-11-13-20(14-12-18)31(34)35)28-23(30-17)15-19(16-24(28)32)22-9-5-6-10-25(22)36-2/h5-6,9-14,19,21,27,30H,3-4,7-8,15-16H2,1-2H3/t19-,27-/m1/s1. The molecule has 192 valence electrons. The molecule has 0 bridgehead atoms. The third-order valence-electron chi connectivity index (χ3n) is 7.64. The van der Waals surface area contributed by atoms with Gasteiger partial charge in [0.1, 0.15) is 11.9 Å². The lowest BCUT2D eigenvalue weighted by Crippen LogP contribution is -2.36. The van der Waals surface area contributed by atoms with Crippen LogP contribution in [0.15, 0.2) is 71.1 Å². The van der Waals surface area contributed by atoms with E-state index in [4.69, 9.17) is 9.47 Å². The van der Waals surface area contributed by atoms with Crippen molar-refractivity contribution in [2.75, 3.05) is 7.11 Å². The molecule has 0 aromatic heterocycles. The third-order valence-corrected chi connectivity index (χ3v) is 7.64. The second-order valence-electron chi connectivity index (χ2n) is 9.92. The van der Waals surface area contributed by atoms with Crippen LogP contribution in [0.1, 0.15) is 68.4 Å². The Labute approximate surface area is 215 Å². The van der Waals surface area contributed by atoms with Gasteiger partial charge in [0, 0.05) is 47.4 Å². The predicted octanol–water partition coefficient (Wildman–Crippen LogP) is 5.45. The lowest BCUT2D eigenvalue weighted by Gasteiger charge is -2.37. The fraction of sp³-hybridized carbons (Fsp3) is 0.379. The van der Waals surface area contributed by atoms with E-state index in [0.717, 1.165) is 42.7 Å². The molecule has 2 aliphatic carbocycles. The lowest BCUT2D eigenvalue weighted by molar-refractivity contribution is -0.384. The normalized spacial score (nSPS) is 21.9. The van der Waals surface area contributed by atoms with Crippen molar-refractivity contribution in [1.29, 1.82) is 0 Å². The van der Waals surface area contributed by atoms with Gasteiger partial charge in [-0.1, -0.05) is 30.3 Å². The van der Waals surface area contributed by atoms with Crippen molar-refractivity contribution in [2.24, 2.45) is 0 Å². The highest BCUT2D eigenvalue weighted by Crippen LogP contribution is 2.47. The molecule has 0 amide bonds. The highest BCUT2D eigenvalue weighted by molar-refractivity contribution is 6.04. The Bertz CT molecular complexity index is 1300. The van der Waals surface area contributed by atoms with Crippen molar-refractivity contribution in [3.63, 3.8) is 0 Å². The van der Waals surface area contributed by atoms with Gasteiger partial charge in [0.25, 0.3) is 5.69 Å². The molecule has 1 N–H and O–H groups in total. The average molecular weight is 503 g/mol. The van der Waals surface area contributed by atoms with Crippen LogP contribution in [0.3, 0.4) is 0 Å². The van der Waals surface area contributed by atoms with Gasteiger partial charge in [-0.3, -0.25) is 14.9 Å². The highest BCUT2D eigenvalue weighted by Gasteiger charge is 2.42. The van der Waals surface area contributed by atoms with Gasteiger partial charge < -0.3 is 14.8 Å². The van der Waals surface area contributed by atoms with E-state index < -0.39 is 16.8 Å². The molecule has 0 unspecified atom stereocenters. The fourth-order valence-corrected chi connectivity index (χ4v) is 5.88.